The minimum absolute atomic E-state index is 0.196. The normalized spacial score (nSPS) is 13.7. The van der Waals surface area contributed by atoms with Gasteiger partial charge in [0.2, 0.25) is 5.91 Å². The van der Waals surface area contributed by atoms with Crippen LogP contribution in [0.25, 0.3) is 0 Å². The molecule has 0 heterocycles. The van der Waals surface area contributed by atoms with Gasteiger partial charge in [-0.15, -0.1) is 0 Å². The Morgan fingerprint density at radius 3 is 2.00 bits per heavy atom. The third-order valence-electron chi connectivity index (χ3n) is 4.41. The number of thiol groups is 1. The number of hydrogen-bond acceptors (Lipinski definition) is 4. The first-order chi connectivity index (χ1) is 11.8. The van der Waals surface area contributed by atoms with Crippen molar-refractivity contribution in [1.29, 1.82) is 0 Å². The molecule has 0 aliphatic heterocycles. The molecule has 0 saturated heterocycles. The zero-order valence-corrected chi connectivity index (χ0v) is 17.1. The molecule has 0 aromatic heterocycles. The first kappa shape index (κ1) is 24.2. The molecule has 0 rings (SSSR count). The van der Waals surface area contributed by atoms with Crippen molar-refractivity contribution in [1.82, 2.24) is 4.90 Å². The van der Waals surface area contributed by atoms with Gasteiger partial charge in [-0.1, -0.05) is 65.7 Å². The van der Waals surface area contributed by atoms with E-state index in [1.165, 1.54) is 37.0 Å². The number of carboxylic acids is 1. The fourth-order valence-electron chi connectivity index (χ4n) is 2.93. The van der Waals surface area contributed by atoms with Gasteiger partial charge in [-0.2, -0.15) is 12.6 Å². The van der Waals surface area contributed by atoms with Crippen molar-refractivity contribution in [2.75, 3.05) is 12.3 Å². The van der Waals surface area contributed by atoms with Crippen molar-refractivity contribution in [3.05, 3.63) is 0 Å². The molecule has 5 nitrogen and oxygen atoms in total. The Balaban J connectivity index is 4.59. The van der Waals surface area contributed by atoms with Crippen LogP contribution >= 0.6 is 12.6 Å². The van der Waals surface area contributed by atoms with Gasteiger partial charge >= 0.3 is 5.97 Å². The summed E-state index contributed by atoms with van der Waals surface area (Å²) in [6, 6.07) is -1.55. The number of rotatable bonds is 15. The quantitative estimate of drug-likeness (QED) is 0.301. The van der Waals surface area contributed by atoms with E-state index in [9.17, 15) is 14.7 Å². The molecule has 3 N–H and O–H groups in total. The largest absolute Gasteiger partial charge is 0.480 e. The minimum Gasteiger partial charge on any atom is -0.480 e. The highest BCUT2D eigenvalue weighted by Crippen LogP contribution is 2.16. The molecule has 0 spiro atoms. The Bertz CT molecular complexity index is 378. The Morgan fingerprint density at radius 1 is 1.04 bits per heavy atom. The van der Waals surface area contributed by atoms with Crippen LogP contribution in [-0.2, 0) is 9.59 Å². The van der Waals surface area contributed by atoms with Crippen LogP contribution < -0.4 is 5.73 Å². The van der Waals surface area contributed by atoms with Gasteiger partial charge in [-0.05, 0) is 18.8 Å². The second-order valence-corrected chi connectivity index (χ2v) is 7.64. The molecule has 0 aliphatic carbocycles. The van der Waals surface area contributed by atoms with E-state index < -0.39 is 18.1 Å². The van der Waals surface area contributed by atoms with E-state index in [2.05, 4.69) is 19.6 Å². The molecule has 0 saturated carbocycles. The topological polar surface area (TPSA) is 83.6 Å². The maximum absolute atomic E-state index is 12.5. The molecule has 6 heteroatoms. The molecule has 0 aromatic rings. The van der Waals surface area contributed by atoms with E-state index in [1.54, 1.807) is 0 Å². The predicted molar refractivity (Wildman–Crippen MR) is 107 cm³/mol. The molecular formula is C19H38N2O3S. The first-order valence-electron chi connectivity index (χ1n) is 9.74. The smallest absolute Gasteiger partial charge is 0.326 e. The highest BCUT2D eigenvalue weighted by Gasteiger charge is 2.32. The summed E-state index contributed by atoms with van der Waals surface area (Å²) < 4.78 is 0. The average molecular weight is 375 g/mol. The van der Waals surface area contributed by atoms with Gasteiger partial charge in [0, 0.05) is 12.3 Å². The lowest BCUT2D eigenvalue weighted by Gasteiger charge is -2.32. The van der Waals surface area contributed by atoms with E-state index >= 15 is 0 Å². The number of nitrogens with zero attached hydrogens (tertiary/aromatic N) is 1. The molecule has 1 amide bonds. The molecule has 148 valence electrons. The summed E-state index contributed by atoms with van der Waals surface area (Å²) in [4.78, 5) is 25.7. The zero-order valence-electron chi connectivity index (χ0n) is 16.2. The van der Waals surface area contributed by atoms with Crippen LogP contribution in [-0.4, -0.2) is 46.3 Å². The van der Waals surface area contributed by atoms with Crippen LogP contribution in [0.4, 0.5) is 0 Å². The third-order valence-corrected chi connectivity index (χ3v) is 4.80. The Morgan fingerprint density at radius 2 is 1.56 bits per heavy atom. The number of carbonyl (C=O) groups is 2. The second kappa shape index (κ2) is 14.4. The molecule has 0 bridgehead atoms. The van der Waals surface area contributed by atoms with Crippen LogP contribution in [0.2, 0.25) is 0 Å². The van der Waals surface area contributed by atoms with Crippen molar-refractivity contribution >= 4 is 24.5 Å². The average Bonchev–Trinajstić information content (AvgIpc) is 2.57. The Hall–Kier alpha value is -0.750. The molecule has 0 fully saturated rings. The molecule has 25 heavy (non-hydrogen) atoms. The van der Waals surface area contributed by atoms with E-state index in [4.69, 9.17) is 5.73 Å². The van der Waals surface area contributed by atoms with Crippen molar-refractivity contribution in [2.24, 2.45) is 11.7 Å². The SMILES string of the molecule is CCCCCCCCCCN(C(=O)[C@H](N)CS)[C@@H](CC(C)C)C(=O)O. The van der Waals surface area contributed by atoms with Gasteiger partial charge in [-0.3, -0.25) is 4.79 Å². The predicted octanol–water partition coefficient (Wildman–Crippen LogP) is 3.71. The third kappa shape index (κ3) is 10.8. The summed E-state index contributed by atoms with van der Waals surface area (Å²) in [7, 11) is 0. The van der Waals surface area contributed by atoms with E-state index in [-0.39, 0.29) is 17.6 Å². The standard InChI is InChI=1S/C19H38N2O3S/c1-4-5-6-7-8-9-10-11-12-21(18(22)16(20)14-25)17(19(23)24)13-15(2)3/h15-17,25H,4-14,20H2,1-3H3,(H,23,24)/t16-,17+/m1/s1. The van der Waals surface area contributed by atoms with Gasteiger partial charge in [0.25, 0.3) is 0 Å². The molecule has 0 unspecified atom stereocenters. The van der Waals surface area contributed by atoms with Crippen molar-refractivity contribution < 1.29 is 14.7 Å². The van der Waals surface area contributed by atoms with Crippen LogP contribution in [0.1, 0.15) is 78.6 Å². The van der Waals surface area contributed by atoms with Crippen molar-refractivity contribution in [3.63, 3.8) is 0 Å². The summed E-state index contributed by atoms with van der Waals surface area (Å²) in [6.45, 7) is 6.59. The van der Waals surface area contributed by atoms with Crippen LogP contribution in [0, 0.1) is 5.92 Å². The van der Waals surface area contributed by atoms with Gasteiger partial charge in [0.15, 0.2) is 0 Å². The number of hydrogen-bond donors (Lipinski definition) is 3. The number of carboxylic acid groups (broad SMARTS) is 1. The van der Waals surface area contributed by atoms with Crippen LogP contribution in [0.15, 0.2) is 0 Å². The summed E-state index contributed by atoms with van der Waals surface area (Å²) in [6.07, 6.45) is 9.69. The number of nitrogens with two attached hydrogens (primary N) is 1. The van der Waals surface area contributed by atoms with E-state index in [0.717, 1.165) is 19.3 Å². The molecular weight excluding hydrogens is 336 g/mol. The monoisotopic (exact) mass is 374 g/mol. The van der Waals surface area contributed by atoms with Gasteiger partial charge in [-0.25, -0.2) is 4.79 Å². The van der Waals surface area contributed by atoms with E-state index in [0.29, 0.717) is 13.0 Å². The van der Waals surface area contributed by atoms with E-state index in [1.807, 2.05) is 13.8 Å². The van der Waals surface area contributed by atoms with Crippen LogP contribution in [0.3, 0.4) is 0 Å². The summed E-state index contributed by atoms with van der Waals surface area (Å²) >= 11 is 4.08. The lowest BCUT2D eigenvalue weighted by molar-refractivity contribution is -0.151. The minimum atomic E-state index is -0.951. The van der Waals surface area contributed by atoms with Crippen molar-refractivity contribution in [3.8, 4) is 0 Å². The van der Waals surface area contributed by atoms with Gasteiger partial charge in [0.1, 0.15) is 6.04 Å². The second-order valence-electron chi connectivity index (χ2n) is 7.28. The lowest BCUT2D eigenvalue weighted by Crippen LogP contribution is -2.52. The highest BCUT2D eigenvalue weighted by atomic mass is 32.1. The van der Waals surface area contributed by atoms with Crippen LogP contribution in [0.5, 0.6) is 0 Å². The number of amides is 1. The number of aliphatic carboxylic acids is 1. The molecule has 0 radical (unpaired) electrons. The Kier molecular flexibility index (Phi) is 14.0. The molecule has 2 atom stereocenters. The number of unbranched alkanes of at least 4 members (excludes halogenated alkanes) is 7. The summed E-state index contributed by atoms with van der Waals surface area (Å²) in [5.74, 6) is -0.831. The first-order valence-corrected chi connectivity index (χ1v) is 10.4. The summed E-state index contributed by atoms with van der Waals surface area (Å²) in [5.41, 5.74) is 5.82. The number of carbonyl (C=O) groups excluding carboxylic acids is 1. The zero-order chi connectivity index (χ0) is 19.2. The highest BCUT2D eigenvalue weighted by molar-refractivity contribution is 7.80. The fourth-order valence-corrected chi connectivity index (χ4v) is 3.09. The fraction of sp³-hybridized carbons (Fsp3) is 0.895. The van der Waals surface area contributed by atoms with Crippen molar-refractivity contribution in [2.45, 2.75) is 90.6 Å². The van der Waals surface area contributed by atoms with Gasteiger partial charge in [0.05, 0.1) is 6.04 Å². The lowest BCUT2D eigenvalue weighted by atomic mass is 10.0. The molecule has 0 aliphatic rings. The maximum atomic E-state index is 12.5. The molecule has 0 aromatic carbocycles. The summed E-state index contributed by atoms with van der Waals surface area (Å²) in [5, 5.41) is 9.57. The maximum Gasteiger partial charge on any atom is 0.326 e. The van der Waals surface area contributed by atoms with Gasteiger partial charge < -0.3 is 15.7 Å². The Labute approximate surface area is 159 Å².